The molecular weight excluding hydrogens is 230 g/mol. The Bertz CT molecular complexity index is 430. The average molecular weight is 253 g/mol. The number of carbonyl (C=O) groups is 1. The first-order valence-corrected chi connectivity index (χ1v) is 6.16. The highest BCUT2D eigenvalue weighted by Crippen LogP contribution is 2.14. The van der Waals surface area contributed by atoms with Crippen LogP contribution in [0.5, 0.6) is 0 Å². The fourth-order valence-electron chi connectivity index (χ4n) is 1.68. The zero-order chi connectivity index (χ0) is 13.9. The number of carbonyl (C=O) groups excluding carboxylic acids is 1. The van der Waals surface area contributed by atoms with Gasteiger partial charge >= 0.3 is 0 Å². The van der Waals surface area contributed by atoms with Crippen molar-refractivity contribution in [2.75, 3.05) is 0 Å². The molecule has 0 fully saturated rings. The van der Waals surface area contributed by atoms with E-state index >= 15 is 0 Å². The molecule has 0 unspecified atom stereocenters. The van der Waals surface area contributed by atoms with Crippen LogP contribution in [0.15, 0.2) is 0 Å². The summed E-state index contributed by atoms with van der Waals surface area (Å²) in [4.78, 5) is 16.9. The maximum absolute atomic E-state index is 11.6. The molecule has 0 saturated carbocycles. The highest BCUT2D eigenvalue weighted by atomic mass is 16.7. The van der Waals surface area contributed by atoms with Crippen LogP contribution in [0.2, 0.25) is 0 Å². The van der Waals surface area contributed by atoms with Gasteiger partial charge < -0.3 is 0 Å². The molecule has 0 aliphatic heterocycles. The molecule has 0 aliphatic rings. The van der Waals surface area contributed by atoms with Gasteiger partial charge in [0, 0.05) is 19.2 Å². The van der Waals surface area contributed by atoms with Crippen LogP contribution in [0.1, 0.15) is 44.1 Å². The number of aromatic nitrogens is 2. The van der Waals surface area contributed by atoms with Crippen LogP contribution in [0, 0.1) is 13.8 Å². The van der Waals surface area contributed by atoms with E-state index in [-0.39, 0.29) is 11.5 Å². The van der Waals surface area contributed by atoms with E-state index in [0.717, 1.165) is 17.0 Å². The number of amides is 1. The van der Waals surface area contributed by atoms with Crippen molar-refractivity contribution in [3.05, 3.63) is 17.0 Å². The van der Waals surface area contributed by atoms with Gasteiger partial charge in [-0.05, 0) is 46.6 Å². The standard InChI is InChI=1S/C13H23N3O2/c1-9-11(10(2)16(6)14-9)7-8-12(17)15-18-13(3,4)5/h7-8H2,1-6H3,(H,15,17). The number of aryl methyl sites for hydroxylation is 2. The highest BCUT2D eigenvalue weighted by molar-refractivity contribution is 5.75. The zero-order valence-corrected chi connectivity index (χ0v) is 12.1. The Balaban J connectivity index is 2.48. The molecule has 0 bridgehead atoms. The van der Waals surface area contributed by atoms with Gasteiger partial charge in [-0.3, -0.25) is 14.3 Å². The predicted octanol–water partition coefficient (Wildman–Crippen LogP) is 1.82. The molecule has 1 heterocycles. The lowest BCUT2D eigenvalue weighted by atomic mass is 10.1. The summed E-state index contributed by atoms with van der Waals surface area (Å²) in [7, 11) is 1.91. The van der Waals surface area contributed by atoms with Gasteiger partial charge in [0.05, 0.1) is 11.3 Å². The van der Waals surface area contributed by atoms with Crippen LogP contribution < -0.4 is 5.48 Å². The van der Waals surface area contributed by atoms with Crippen LogP contribution in [-0.2, 0) is 23.1 Å². The first-order valence-electron chi connectivity index (χ1n) is 6.16. The first kappa shape index (κ1) is 14.7. The maximum atomic E-state index is 11.6. The fourth-order valence-corrected chi connectivity index (χ4v) is 1.68. The van der Waals surface area contributed by atoms with Crippen LogP contribution >= 0.6 is 0 Å². The Kier molecular flexibility index (Phi) is 4.51. The summed E-state index contributed by atoms with van der Waals surface area (Å²) in [5, 5.41) is 4.33. The van der Waals surface area contributed by atoms with E-state index in [2.05, 4.69) is 10.6 Å². The van der Waals surface area contributed by atoms with E-state index in [1.54, 1.807) is 0 Å². The average Bonchev–Trinajstić information content (AvgIpc) is 2.47. The van der Waals surface area contributed by atoms with Gasteiger partial charge in [0.15, 0.2) is 0 Å². The number of hydrogen-bond acceptors (Lipinski definition) is 3. The smallest absolute Gasteiger partial charge is 0.243 e. The van der Waals surface area contributed by atoms with E-state index in [9.17, 15) is 4.79 Å². The van der Waals surface area contributed by atoms with Crippen molar-refractivity contribution in [3.63, 3.8) is 0 Å². The molecule has 0 atom stereocenters. The Morgan fingerprint density at radius 1 is 1.39 bits per heavy atom. The van der Waals surface area contributed by atoms with Crippen LogP contribution in [0.4, 0.5) is 0 Å². The molecule has 1 aromatic rings. The summed E-state index contributed by atoms with van der Waals surface area (Å²) < 4.78 is 1.84. The number of hydroxylamine groups is 1. The third kappa shape index (κ3) is 4.14. The van der Waals surface area contributed by atoms with Crippen molar-refractivity contribution in [2.45, 2.75) is 53.1 Å². The summed E-state index contributed by atoms with van der Waals surface area (Å²) in [6.07, 6.45) is 1.09. The summed E-state index contributed by atoms with van der Waals surface area (Å²) in [6.45, 7) is 9.65. The van der Waals surface area contributed by atoms with Gasteiger partial charge in [0.1, 0.15) is 0 Å². The SMILES string of the molecule is Cc1nn(C)c(C)c1CCC(=O)NOC(C)(C)C. The Morgan fingerprint density at radius 2 is 2.00 bits per heavy atom. The van der Waals surface area contributed by atoms with Gasteiger partial charge in [-0.25, -0.2) is 5.48 Å². The number of rotatable bonds is 4. The minimum atomic E-state index is -0.365. The summed E-state index contributed by atoms with van der Waals surface area (Å²) in [6, 6.07) is 0. The van der Waals surface area contributed by atoms with Crippen molar-refractivity contribution in [1.29, 1.82) is 0 Å². The molecule has 0 spiro atoms. The van der Waals surface area contributed by atoms with Crippen molar-refractivity contribution >= 4 is 5.91 Å². The largest absolute Gasteiger partial charge is 0.273 e. The van der Waals surface area contributed by atoms with Crippen LogP contribution in [0.3, 0.4) is 0 Å². The molecule has 0 radical (unpaired) electrons. The normalized spacial score (nSPS) is 11.7. The molecule has 1 amide bonds. The molecule has 0 aromatic carbocycles. The Labute approximate surface area is 108 Å². The van der Waals surface area contributed by atoms with Crippen molar-refractivity contribution in [3.8, 4) is 0 Å². The van der Waals surface area contributed by atoms with Gasteiger partial charge in [-0.1, -0.05) is 0 Å². The number of nitrogens with one attached hydrogen (secondary N) is 1. The number of nitrogens with zero attached hydrogens (tertiary/aromatic N) is 2. The second kappa shape index (κ2) is 5.52. The van der Waals surface area contributed by atoms with E-state index in [1.807, 2.05) is 46.3 Å². The number of hydrogen-bond donors (Lipinski definition) is 1. The highest BCUT2D eigenvalue weighted by Gasteiger charge is 2.14. The molecule has 1 rings (SSSR count). The van der Waals surface area contributed by atoms with E-state index in [4.69, 9.17) is 4.84 Å². The summed E-state index contributed by atoms with van der Waals surface area (Å²) >= 11 is 0. The fraction of sp³-hybridized carbons (Fsp3) is 0.692. The van der Waals surface area contributed by atoms with Crippen molar-refractivity contribution < 1.29 is 9.63 Å². The lowest BCUT2D eigenvalue weighted by Crippen LogP contribution is -2.33. The van der Waals surface area contributed by atoms with E-state index in [0.29, 0.717) is 12.8 Å². The predicted molar refractivity (Wildman–Crippen MR) is 70.0 cm³/mol. The molecule has 1 aromatic heterocycles. The molecule has 0 aliphatic carbocycles. The lowest BCUT2D eigenvalue weighted by molar-refractivity contribution is -0.145. The lowest BCUT2D eigenvalue weighted by Gasteiger charge is -2.18. The van der Waals surface area contributed by atoms with Gasteiger partial charge in [-0.15, -0.1) is 0 Å². The molecule has 0 saturated heterocycles. The second-order valence-electron chi connectivity index (χ2n) is 5.51. The molecule has 102 valence electrons. The summed E-state index contributed by atoms with van der Waals surface area (Å²) in [5.41, 5.74) is 5.34. The van der Waals surface area contributed by atoms with Gasteiger partial charge in [-0.2, -0.15) is 5.10 Å². The zero-order valence-electron chi connectivity index (χ0n) is 12.1. The topological polar surface area (TPSA) is 56.2 Å². The quantitative estimate of drug-likeness (QED) is 0.833. The van der Waals surface area contributed by atoms with Crippen LogP contribution in [-0.4, -0.2) is 21.3 Å². The van der Waals surface area contributed by atoms with Crippen LogP contribution in [0.25, 0.3) is 0 Å². The second-order valence-corrected chi connectivity index (χ2v) is 5.51. The summed E-state index contributed by atoms with van der Waals surface area (Å²) in [5.74, 6) is -0.104. The molecule has 18 heavy (non-hydrogen) atoms. The Hall–Kier alpha value is -1.36. The minimum absolute atomic E-state index is 0.104. The van der Waals surface area contributed by atoms with Gasteiger partial charge in [0.25, 0.3) is 0 Å². The minimum Gasteiger partial charge on any atom is -0.273 e. The van der Waals surface area contributed by atoms with Crippen molar-refractivity contribution in [1.82, 2.24) is 15.3 Å². The van der Waals surface area contributed by atoms with E-state index < -0.39 is 0 Å². The third-order valence-corrected chi connectivity index (χ3v) is 2.73. The first-order chi connectivity index (χ1) is 8.20. The molecule has 1 N–H and O–H groups in total. The Morgan fingerprint density at radius 3 is 2.44 bits per heavy atom. The third-order valence-electron chi connectivity index (χ3n) is 2.73. The molecule has 5 nitrogen and oxygen atoms in total. The maximum Gasteiger partial charge on any atom is 0.243 e. The van der Waals surface area contributed by atoms with Crippen molar-refractivity contribution in [2.24, 2.45) is 7.05 Å². The monoisotopic (exact) mass is 253 g/mol. The van der Waals surface area contributed by atoms with E-state index in [1.165, 1.54) is 0 Å². The molecule has 5 heteroatoms. The molecular formula is C13H23N3O2. The van der Waals surface area contributed by atoms with Gasteiger partial charge in [0.2, 0.25) is 5.91 Å².